The number of hydrogen-bond acceptors (Lipinski definition) is 4. The maximum Gasteiger partial charge on any atom is 0.191 e. The summed E-state index contributed by atoms with van der Waals surface area (Å²) in [6.07, 6.45) is 6.00. The number of aliphatic imine (C=N–C) groups is 1. The van der Waals surface area contributed by atoms with E-state index in [2.05, 4.69) is 63.3 Å². The maximum absolute atomic E-state index is 10.6. The fraction of sp³-hybridized carbons (Fsp3) is 0.640. The van der Waals surface area contributed by atoms with Crippen LogP contribution in [-0.2, 0) is 24.8 Å². The number of hydrogen-bond donors (Lipinski definition) is 3. The minimum absolute atomic E-state index is 0. The summed E-state index contributed by atoms with van der Waals surface area (Å²) in [5.41, 5.74) is 2.26. The van der Waals surface area contributed by atoms with Gasteiger partial charge in [-0.3, -0.25) is 4.99 Å². The van der Waals surface area contributed by atoms with Crippen LogP contribution in [0.15, 0.2) is 29.3 Å². The van der Waals surface area contributed by atoms with Gasteiger partial charge >= 0.3 is 0 Å². The number of halogens is 1. The number of aliphatic hydroxyl groups is 1. The van der Waals surface area contributed by atoms with Crippen molar-refractivity contribution < 1.29 is 5.11 Å². The monoisotopic (exact) mass is 568 g/mol. The first kappa shape index (κ1) is 27.6. The first-order valence-corrected chi connectivity index (χ1v) is 12.1. The molecule has 0 spiro atoms. The van der Waals surface area contributed by atoms with Crippen LogP contribution < -0.4 is 10.6 Å². The molecule has 184 valence electrons. The van der Waals surface area contributed by atoms with Crippen molar-refractivity contribution in [3.8, 4) is 0 Å². The highest BCUT2D eigenvalue weighted by molar-refractivity contribution is 14.0. The predicted molar refractivity (Wildman–Crippen MR) is 145 cm³/mol. The van der Waals surface area contributed by atoms with Gasteiger partial charge in [-0.2, -0.15) is 0 Å². The lowest BCUT2D eigenvalue weighted by Gasteiger charge is -2.20. The Balaban J connectivity index is 0.00000385. The number of benzene rings is 1. The Kier molecular flexibility index (Phi) is 11.1. The third-order valence-electron chi connectivity index (χ3n) is 5.98. The lowest BCUT2D eigenvalue weighted by Crippen LogP contribution is -2.38. The molecule has 0 aliphatic carbocycles. The largest absolute Gasteiger partial charge is 0.386 e. The summed E-state index contributed by atoms with van der Waals surface area (Å²) in [7, 11) is 0. The minimum atomic E-state index is -0.620. The molecule has 33 heavy (non-hydrogen) atoms. The topological polar surface area (TPSA) is 87.4 Å². The van der Waals surface area contributed by atoms with Gasteiger partial charge in [0.25, 0.3) is 0 Å². The number of fused-ring (bicyclic) bond motifs is 1. The molecule has 7 nitrogen and oxygen atoms in total. The summed E-state index contributed by atoms with van der Waals surface area (Å²) in [6.45, 7) is 11.6. The second-order valence-electron chi connectivity index (χ2n) is 9.63. The highest BCUT2D eigenvalue weighted by Gasteiger charge is 2.15. The molecule has 3 N–H and O–H groups in total. The average Bonchev–Trinajstić information content (AvgIpc) is 2.99. The van der Waals surface area contributed by atoms with Crippen molar-refractivity contribution >= 4 is 29.9 Å². The average molecular weight is 569 g/mol. The van der Waals surface area contributed by atoms with Crippen molar-refractivity contribution in [1.82, 2.24) is 25.4 Å². The molecule has 3 rings (SSSR count). The highest BCUT2D eigenvalue weighted by Crippen LogP contribution is 2.24. The van der Waals surface area contributed by atoms with E-state index in [1.807, 2.05) is 19.1 Å². The third-order valence-corrected chi connectivity index (χ3v) is 5.98. The van der Waals surface area contributed by atoms with Gasteiger partial charge in [-0.15, -0.1) is 34.2 Å². The lowest BCUT2D eigenvalue weighted by atomic mass is 9.86. The third kappa shape index (κ3) is 8.24. The summed E-state index contributed by atoms with van der Waals surface area (Å²) in [5, 5.41) is 26.0. The Bertz CT molecular complexity index is 872. The van der Waals surface area contributed by atoms with Crippen LogP contribution in [0.1, 0.15) is 82.3 Å². The molecule has 1 unspecified atom stereocenters. The van der Waals surface area contributed by atoms with Gasteiger partial charge < -0.3 is 20.3 Å². The first-order chi connectivity index (χ1) is 15.4. The molecule has 8 heteroatoms. The van der Waals surface area contributed by atoms with Crippen molar-refractivity contribution in [2.24, 2.45) is 4.99 Å². The molecule has 0 amide bonds. The predicted octanol–water partition coefficient (Wildman–Crippen LogP) is 4.14. The van der Waals surface area contributed by atoms with E-state index >= 15 is 0 Å². The Morgan fingerprint density at radius 1 is 1.12 bits per heavy atom. The zero-order valence-electron chi connectivity index (χ0n) is 20.6. The van der Waals surface area contributed by atoms with Crippen molar-refractivity contribution in [3.05, 3.63) is 47.0 Å². The first-order valence-electron chi connectivity index (χ1n) is 12.1. The molecule has 1 aliphatic rings. The molecule has 0 fully saturated rings. The van der Waals surface area contributed by atoms with Gasteiger partial charge in [0.1, 0.15) is 11.6 Å². The van der Waals surface area contributed by atoms with Crippen LogP contribution in [0.25, 0.3) is 0 Å². The van der Waals surface area contributed by atoms with E-state index in [1.165, 1.54) is 24.8 Å². The Morgan fingerprint density at radius 2 is 1.88 bits per heavy atom. The SMILES string of the molecule is CCNC(=NCC(O)c1ccc(C(C)(C)C)cc1)NCCCc1nnc2n1CCCCC2.I. The zero-order chi connectivity index (χ0) is 23.0. The molecule has 0 saturated heterocycles. The van der Waals surface area contributed by atoms with Gasteiger partial charge in [0.2, 0.25) is 0 Å². The number of rotatable bonds is 8. The van der Waals surface area contributed by atoms with E-state index in [0.29, 0.717) is 6.54 Å². The van der Waals surface area contributed by atoms with E-state index in [4.69, 9.17) is 0 Å². The molecule has 2 aromatic rings. The Morgan fingerprint density at radius 3 is 2.58 bits per heavy atom. The summed E-state index contributed by atoms with van der Waals surface area (Å²) in [5.74, 6) is 2.97. The zero-order valence-corrected chi connectivity index (χ0v) is 22.9. The second-order valence-corrected chi connectivity index (χ2v) is 9.63. The molecule has 0 saturated carbocycles. The quantitative estimate of drug-likeness (QED) is 0.193. The van der Waals surface area contributed by atoms with Crippen molar-refractivity contribution in [2.75, 3.05) is 19.6 Å². The van der Waals surface area contributed by atoms with Crippen LogP contribution in [0.3, 0.4) is 0 Å². The minimum Gasteiger partial charge on any atom is -0.386 e. The second kappa shape index (κ2) is 13.3. The summed E-state index contributed by atoms with van der Waals surface area (Å²) in [4.78, 5) is 4.59. The normalized spacial score (nSPS) is 15.2. The Labute approximate surface area is 215 Å². The number of guanidine groups is 1. The molecular formula is C25H41IN6O. The van der Waals surface area contributed by atoms with E-state index in [0.717, 1.165) is 62.1 Å². The fourth-order valence-electron chi connectivity index (χ4n) is 4.01. The van der Waals surface area contributed by atoms with Crippen LogP contribution in [0.2, 0.25) is 0 Å². The number of aryl methyl sites for hydroxylation is 2. The van der Waals surface area contributed by atoms with Crippen molar-refractivity contribution in [3.63, 3.8) is 0 Å². The van der Waals surface area contributed by atoms with E-state index < -0.39 is 6.10 Å². The summed E-state index contributed by atoms with van der Waals surface area (Å²) < 4.78 is 2.31. The molecule has 0 radical (unpaired) electrons. The summed E-state index contributed by atoms with van der Waals surface area (Å²) in [6, 6.07) is 8.19. The van der Waals surface area contributed by atoms with E-state index in [-0.39, 0.29) is 29.4 Å². The van der Waals surface area contributed by atoms with Gasteiger partial charge in [-0.05, 0) is 42.7 Å². The van der Waals surface area contributed by atoms with Gasteiger partial charge in [-0.1, -0.05) is 51.5 Å². The molecule has 1 atom stereocenters. The van der Waals surface area contributed by atoms with Crippen LogP contribution >= 0.6 is 24.0 Å². The molecular weight excluding hydrogens is 527 g/mol. The van der Waals surface area contributed by atoms with Crippen LogP contribution in [0, 0.1) is 0 Å². The number of nitrogens with one attached hydrogen (secondary N) is 2. The van der Waals surface area contributed by atoms with Crippen molar-refractivity contribution in [1.29, 1.82) is 0 Å². The smallest absolute Gasteiger partial charge is 0.191 e. The van der Waals surface area contributed by atoms with Gasteiger partial charge in [0, 0.05) is 32.5 Å². The molecule has 2 heterocycles. The van der Waals surface area contributed by atoms with E-state index in [1.54, 1.807) is 0 Å². The molecule has 1 aromatic carbocycles. The van der Waals surface area contributed by atoms with Crippen LogP contribution in [0.4, 0.5) is 0 Å². The number of aliphatic hydroxyl groups excluding tert-OH is 1. The van der Waals surface area contributed by atoms with Gasteiger partial charge in [0.15, 0.2) is 5.96 Å². The highest BCUT2D eigenvalue weighted by atomic mass is 127. The Hall–Kier alpha value is -1.68. The lowest BCUT2D eigenvalue weighted by molar-refractivity contribution is 0.187. The fourth-order valence-corrected chi connectivity index (χ4v) is 4.01. The van der Waals surface area contributed by atoms with Crippen LogP contribution in [0.5, 0.6) is 0 Å². The van der Waals surface area contributed by atoms with E-state index in [9.17, 15) is 5.11 Å². The molecule has 0 bridgehead atoms. The van der Waals surface area contributed by atoms with Gasteiger partial charge in [0.05, 0.1) is 12.6 Å². The summed E-state index contributed by atoms with van der Waals surface area (Å²) >= 11 is 0. The number of aromatic nitrogens is 3. The number of nitrogens with zero attached hydrogens (tertiary/aromatic N) is 4. The molecule has 1 aromatic heterocycles. The van der Waals surface area contributed by atoms with Crippen LogP contribution in [-0.4, -0.2) is 45.5 Å². The molecule has 1 aliphatic heterocycles. The standard InChI is InChI=1S/C25H40N6O.HI/c1-5-26-24(28-18-21(32)19-12-14-20(15-13-19)25(2,3)4)27-16-9-11-23-30-29-22-10-7-6-8-17-31(22)23;/h12-15,21,32H,5-11,16-18H2,1-4H3,(H2,26,27,28);1H. The maximum atomic E-state index is 10.6. The van der Waals surface area contributed by atoms with Gasteiger partial charge in [-0.25, -0.2) is 0 Å². The van der Waals surface area contributed by atoms with Crippen molar-refractivity contribution in [2.45, 2.75) is 84.3 Å².